The molecule has 0 atom stereocenters. The highest BCUT2D eigenvalue weighted by atomic mass is 19.3. The SMILES string of the molecule is Fc1ccc(OC(F)F)cc1.O. The molecule has 0 spiro atoms. The van der Waals surface area contributed by atoms with Crippen LogP contribution in [0.5, 0.6) is 5.75 Å². The maximum atomic E-state index is 12.2. The van der Waals surface area contributed by atoms with Crippen LogP contribution in [0.25, 0.3) is 0 Å². The summed E-state index contributed by atoms with van der Waals surface area (Å²) < 4.78 is 39.2. The van der Waals surface area contributed by atoms with Crippen LogP contribution in [0, 0.1) is 5.82 Å². The predicted molar refractivity (Wildman–Crippen MR) is 36.6 cm³/mol. The van der Waals surface area contributed by atoms with E-state index in [0.29, 0.717) is 0 Å². The fourth-order valence-electron chi connectivity index (χ4n) is 0.616. The Hall–Kier alpha value is -1.23. The maximum absolute atomic E-state index is 12.2. The van der Waals surface area contributed by atoms with Crippen LogP contribution in [-0.4, -0.2) is 12.1 Å². The standard InChI is InChI=1S/C7H5F3O.H2O/c8-5-1-3-6(4-2-5)11-7(9)10;/h1-4,7H;1H2. The van der Waals surface area contributed by atoms with E-state index in [4.69, 9.17) is 0 Å². The number of hydrogen-bond donors (Lipinski definition) is 0. The largest absolute Gasteiger partial charge is 0.435 e. The lowest BCUT2D eigenvalue weighted by molar-refractivity contribution is -0.0498. The molecule has 1 rings (SSSR count). The molecule has 0 fully saturated rings. The number of benzene rings is 1. The Morgan fingerprint density at radius 1 is 1.08 bits per heavy atom. The molecular formula is C7H7F3O2. The van der Waals surface area contributed by atoms with Crippen molar-refractivity contribution in [2.45, 2.75) is 6.61 Å². The lowest BCUT2D eigenvalue weighted by Gasteiger charge is -2.02. The number of rotatable bonds is 2. The Kier molecular flexibility index (Phi) is 4.14. The van der Waals surface area contributed by atoms with Gasteiger partial charge in [-0.3, -0.25) is 0 Å². The number of hydrogen-bond acceptors (Lipinski definition) is 1. The third-order valence-corrected chi connectivity index (χ3v) is 1.04. The zero-order chi connectivity index (χ0) is 8.27. The molecule has 2 nitrogen and oxygen atoms in total. The minimum Gasteiger partial charge on any atom is -0.435 e. The molecule has 0 saturated heterocycles. The topological polar surface area (TPSA) is 40.7 Å². The van der Waals surface area contributed by atoms with Crippen LogP contribution < -0.4 is 4.74 Å². The second-order valence-corrected chi connectivity index (χ2v) is 1.83. The van der Waals surface area contributed by atoms with Crippen molar-refractivity contribution >= 4 is 0 Å². The highest BCUT2D eigenvalue weighted by Gasteiger charge is 2.02. The Labute approximate surface area is 66.9 Å². The summed E-state index contributed by atoms with van der Waals surface area (Å²) in [5, 5.41) is 0. The fourth-order valence-corrected chi connectivity index (χ4v) is 0.616. The lowest BCUT2D eigenvalue weighted by atomic mass is 10.3. The smallest absolute Gasteiger partial charge is 0.387 e. The van der Waals surface area contributed by atoms with Crippen molar-refractivity contribution < 1.29 is 23.4 Å². The highest BCUT2D eigenvalue weighted by molar-refractivity contribution is 5.21. The average molecular weight is 180 g/mol. The summed E-state index contributed by atoms with van der Waals surface area (Å²) in [5.74, 6) is -0.520. The van der Waals surface area contributed by atoms with E-state index < -0.39 is 12.4 Å². The van der Waals surface area contributed by atoms with Crippen molar-refractivity contribution in [2.75, 3.05) is 0 Å². The van der Waals surface area contributed by atoms with Crippen LogP contribution in [0.3, 0.4) is 0 Å². The molecule has 2 N–H and O–H groups in total. The van der Waals surface area contributed by atoms with Gasteiger partial charge in [-0.2, -0.15) is 8.78 Å². The molecule has 0 heterocycles. The number of ether oxygens (including phenoxy) is 1. The van der Waals surface area contributed by atoms with Crippen LogP contribution in [0.1, 0.15) is 0 Å². The van der Waals surface area contributed by atoms with Crippen molar-refractivity contribution in [1.82, 2.24) is 0 Å². The van der Waals surface area contributed by atoms with Crippen molar-refractivity contribution in [3.05, 3.63) is 30.1 Å². The summed E-state index contributed by atoms with van der Waals surface area (Å²) in [5.41, 5.74) is 0. The minimum atomic E-state index is -2.86. The molecular weight excluding hydrogens is 173 g/mol. The van der Waals surface area contributed by atoms with Gasteiger partial charge in [-0.05, 0) is 24.3 Å². The first kappa shape index (κ1) is 10.8. The van der Waals surface area contributed by atoms with E-state index in [1.807, 2.05) is 0 Å². The monoisotopic (exact) mass is 180 g/mol. The van der Waals surface area contributed by atoms with Gasteiger partial charge in [-0.25, -0.2) is 4.39 Å². The number of alkyl halides is 2. The summed E-state index contributed by atoms with van der Waals surface area (Å²) in [4.78, 5) is 0. The van der Waals surface area contributed by atoms with E-state index in [1.54, 1.807) is 0 Å². The summed E-state index contributed by atoms with van der Waals surface area (Å²) in [7, 11) is 0. The van der Waals surface area contributed by atoms with Gasteiger partial charge in [0, 0.05) is 0 Å². The molecule has 68 valence electrons. The molecule has 0 unspecified atom stereocenters. The van der Waals surface area contributed by atoms with Crippen molar-refractivity contribution in [3.63, 3.8) is 0 Å². The zero-order valence-corrected chi connectivity index (χ0v) is 5.93. The molecule has 5 heteroatoms. The third-order valence-electron chi connectivity index (χ3n) is 1.04. The molecule has 0 saturated carbocycles. The van der Waals surface area contributed by atoms with Crippen molar-refractivity contribution in [3.8, 4) is 5.75 Å². The van der Waals surface area contributed by atoms with Crippen LogP contribution in [0.15, 0.2) is 24.3 Å². The summed E-state index contributed by atoms with van der Waals surface area (Å²) in [6.07, 6.45) is 0. The van der Waals surface area contributed by atoms with Gasteiger partial charge in [0.1, 0.15) is 11.6 Å². The molecule has 1 aromatic rings. The molecule has 1 aromatic carbocycles. The Morgan fingerprint density at radius 2 is 1.58 bits per heavy atom. The fraction of sp³-hybridized carbons (Fsp3) is 0.143. The van der Waals surface area contributed by atoms with Crippen LogP contribution in [-0.2, 0) is 0 Å². The Morgan fingerprint density at radius 3 is 2.00 bits per heavy atom. The summed E-state index contributed by atoms with van der Waals surface area (Å²) in [6.45, 7) is -2.86. The first-order valence-corrected chi connectivity index (χ1v) is 2.89. The van der Waals surface area contributed by atoms with Gasteiger partial charge in [0.25, 0.3) is 0 Å². The van der Waals surface area contributed by atoms with Gasteiger partial charge in [0.05, 0.1) is 0 Å². The Balaban J connectivity index is 0.00000121. The average Bonchev–Trinajstić information content (AvgIpc) is 1.93. The van der Waals surface area contributed by atoms with E-state index in [1.165, 1.54) is 0 Å². The molecule has 0 aliphatic heterocycles. The Bertz CT molecular complexity index is 223. The van der Waals surface area contributed by atoms with E-state index in [2.05, 4.69) is 4.74 Å². The zero-order valence-electron chi connectivity index (χ0n) is 5.93. The second-order valence-electron chi connectivity index (χ2n) is 1.83. The van der Waals surface area contributed by atoms with Gasteiger partial charge in [0.2, 0.25) is 0 Å². The molecule has 0 radical (unpaired) electrons. The molecule has 0 amide bonds. The van der Waals surface area contributed by atoms with Crippen LogP contribution >= 0.6 is 0 Å². The second kappa shape index (κ2) is 4.61. The van der Waals surface area contributed by atoms with Gasteiger partial charge in [-0.15, -0.1) is 0 Å². The quantitative estimate of drug-likeness (QED) is 0.681. The number of halogens is 3. The highest BCUT2D eigenvalue weighted by Crippen LogP contribution is 2.13. The lowest BCUT2D eigenvalue weighted by Crippen LogP contribution is -2.01. The van der Waals surface area contributed by atoms with Crippen molar-refractivity contribution in [2.24, 2.45) is 0 Å². The van der Waals surface area contributed by atoms with Gasteiger partial charge < -0.3 is 10.2 Å². The van der Waals surface area contributed by atoms with E-state index in [9.17, 15) is 13.2 Å². The van der Waals surface area contributed by atoms with Gasteiger partial charge in [-0.1, -0.05) is 0 Å². The molecule has 12 heavy (non-hydrogen) atoms. The van der Waals surface area contributed by atoms with Gasteiger partial charge >= 0.3 is 6.61 Å². The summed E-state index contributed by atoms with van der Waals surface area (Å²) >= 11 is 0. The van der Waals surface area contributed by atoms with Crippen LogP contribution in [0.2, 0.25) is 0 Å². The van der Waals surface area contributed by atoms with E-state index in [0.717, 1.165) is 24.3 Å². The van der Waals surface area contributed by atoms with Crippen LogP contribution in [0.4, 0.5) is 13.2 Å². The minimum absolute atomic E-state index is 0. The normalized spacial score (nSPS) is 9.33. The van der Waals surface area contributed by atoms with E-state index in [-0.39, 0.29) is 11.2 Å². The van der Waals surface area contributed by atoms with Gasteiger partial charge in [0.15, 0.2) is 0 Å². The molecule has 0 aromatic heterocycles. The maximum Gasteiger partial charge on any atom is 0.387 e. The first-order chi connectivity index (χ1) is 5.18. The van der Waals surface area contributed by atoms with E-state index >= 15 is 0 Å². The van der Waals surface area contributed by atoms with Crippen molar-refractivity contribution in [1.29, 1.82) is 0 Å². The predicted octanol–water partition coefficient (Wildman–Crippen LogP) is 1.60. The first-order valence-electron chi connectivity index (χ1n) is 2.89. The molecule has 0 aliphatic rings. The molecule has 0 bridgehead atoms. The summed E-state index contributed by atoms with van der Waals surface area (Å²) in [6, 6.07) is 4.39. The third kappa shape index (κ3) is 3.25. The molecule has 0 aliphatic carbocycles.